The van der Waals surface area contributed by atoms with E-state index in [0.29, 0.717) is 25.1 Å². The Morgan fingerprint density at radius 3 is 2.71 bits per heavy atom. The summed E-state index contributed by atoms with van der Waals surface area (Å²) in [5.74, 6) is 0.304. The van der Waals surface area contributed by atoms with Gasteiger partial charge in [-0.25, -0.2) is 0 Å². The van der Waals surface area contributed by atoms with Gasteiger partial charge in [-0.05, 0) is 55.5 Å². The minimum Gasteiger partial charge on any atom is -0.497 e. The van der Waals surface area contributed by atoms with Crippen molar-refractivity contribution in [3.63, 3.8) is 0 Å². The number of carbonyl (C=O) groups excluding carboxylic acids is 1. The fourth-order valence-corrected chi connectivity index (χ4v) is 8.46. The lowest BCUT2D eigenvalue weighted by Crippen LogP contribution is -2.54. The van der Waals surface area contributed by atoms with E-state index in [4.69, 9.17) is 20.2 Å². The van der Waals surface area contributed by atoms with E-state index in [1.165, 1.54) is 0 Å². The standard InChI is InChI=1S/C32H38N4O5/c1-40-16-22(27(37)28(38)23(33)12-18-6-4-3-5-7-18)25-10-11-31-17-32(31)26(15-36(25)31)35-30(39)21-14-19-13-20(41-2)8-9-24(19)34-29(21)32/h3-9,13-14,22-23,25-28,37-38H,10-12,15-17,33H2,1-2H3,(H,35,39)/t22-,23+,25?,26-,27+,28-,31-,32+/m0/s1. The Morgan fingerprint density at radius 2 is 1.95 bits per heavy atom. The number of nitrogens with one attached hydrogen (secondary N) is 1. The van der Waals surface area contributed by atoms with Crippen LogP contribution in [-0.4, -0.2) is 89.2 Å². The fraction of sp³-hybridized carbons (Fsp3) is 0.500. The maximum atomic E-state index is 13.3. The molecule has 1 saturated carbocycles. The molecule has 216 valence electrons. The highest BCUT2D eigenvalue weighted by Gasteiger charge is 2.83. The van der Waals surface area contributed by atoms with Crippen LogP contribution in [0.3, 0.4) is 0 Å². The zero-order chi connectivity index (χ0) is 28.5. The van der Waals surface area contributed by atoms with Crippen molar-refractivity contribution in [2.75, 3.05) is 27.4 Å². The highest BCUT2D eigenvalue weighted by Crippen LogP contribution is 2.73. The second-order valence-corrected chi connectivity index (χ2v) is 12.4. The van der Waals surface area contributed by atoms with Crippen LogP contribution in [-0.2, 0) is 16.6 Å². The summed E-state index contributed by atoms with van der Waals surface area (Å²) in [5.41, 5.74) is 9.42. The Labute approximate surface area is 239 Å². The highest BCUT2D eigenvalue weighted by atomic mass is 16.5. The molecule has 8 atom stereocenters. The van der Waals surface area contributed by atoms with Crippen molar-refractivity contribution < 1.29 is 24.5 Å². The number of aliphatic hydroxyl groups is 2. The van der Waals surface area contributed by atoms with Gasteiger partial charge < -0.3 is 30.7 Å². The number of fused-ring (bicyclic) bond motifs is 2. The van der Waals surface area contributed by atoms with Gasteiger partial charge in [-0.15, -0.1) is 0 Å². The van der Waals surface area contributed by atoms with Crippen LogP contribution in [0.2, 0.25) is 0 Å². The molecular formula is C32H38N4O5. The SMILES string of the molecule is COC[C@@H](C1CC[C@]23C[C@@]24c2nc5ccc(OC)cc5cc2C(=O)N[C@H]4CN13)[C@@H](O)[C@@H](O)[C@H](N)Cc1ccccc1. The molecule has 1 aliphatic carbocycles. The molecule has 4 aliphatic rings. The third-order valence-electron chi connectivity index (χ3n) is 10.4. The molecule has 0 bridgehead atoms. The van der Waals surface area contributed by atoms with Crippen molar-refractivity contribution in [2.45, 2.75) is 67.0 Å². The lowest BCUT2D eigenvalue weighted by molar-refractivity contribution is -0.0716. The average Bonchev–Trinajstić information content (AvgIpc) is 3.40. The Bertz CT molecular complexity index is 1490. The predicted molar refractivity (Wildman–Crippen MR) is 154 cm³/mol. The summed E-state index contributed by atoms with van der Waals surface area (Å²) < 4.78 is 11.0. The minimum absolute atomic E-state index is 0.0152. The van der Waals surface area contributed by atoms with Crippen molar-refractivity contribution in [3.8, 4) is 5.75 Å². The van der Waals surface area contributed by atoms with Crippen LogP contribution >= 0.6 is 0 Å². The van der Waals surface area contributed by atoms with Crippen LogP contribution in [0.1, 0.15) is 40.9 Å². The summed E-state index contributed by atoms with van der Waals surface area (Å²) in [7, 11) is 3.26. The Morgan fingerprint density at radius 1 is 1.15 bits per heavy atom. The summed E-state index contributed by atoms with van der Waals surface area (Å²) in [4.78, 5) is 20.9. The van der Waals surface area contributed by atoms with Crippen molar-refractivity contribution in [1.82, 2.24) is 15.2 Å². The molecule has 2 aromatic carbocycles. The van der Waals surface area contributed by atoms with Crippen LogP contribution in [0.4, 0.5) is 0 Å². The smallest absolute Gasteiger partial charge is 0.253 e. The zero-order valence-electron chi connectivity index (χ0n) is 23.5. The third kappa shape index (κ3) is 3.87. The molecule has 4 heterocycles. The number of rotatable bonds is 9. The first-order chi connectivity index (χ1) is 19.8. The quantitative estimate of drug-likeness (QED) is 0.313. The molecule has 7 rings (SSSR count). The number of ether oxygens (including phenoxy) is 2. The number of aliphatic hydroxyl groups excluding tert-OH is 2. The van der Waals surface area contributed by atoms with Gasteiger partial charge in [-0.2, -0.15) is 0 Å². The number of carbonyl (C=O) groups is 1. The number of nitrogens with zero attached hydrogens (tertiary/aromatic N) is 2. The maximum Gasteiger partial charge on any atom is 0.253 e. The van der Waals surface area contributed by atoms with Crippen LogP contribution in [0.15, 0.2) is 54.6 Å². The second kappa shape index (κ2) is 9.74. The maximum absolute atomic E-state index is 13.3. The Kier molecular flexibility index (Phi) is 6.37. The zero-order valence-corrected chi connectivity index (χ0v) is 23.5. The molecule has 3 fully saturated rings. The number of hydrogen-bond donors (Lipinski definition) is 4. The van der Waals surface area contributed by atoms with Crippen molar-refractivity contribution in [1.29, 1.82) is 0 Å². The largest absolute Gasteiger partial charge is 0.497 e. The minimum atomic E-state index is -1.10. The number of piperidine rings is 1. The van der Waals surface area contributed by atoms with Crippen LogP contribution in [0, 0.1) is 5.92 Å². The average molecular weight is 559 g/mol. The molecular weight excluding hydrogens is 520 g/mol. The van der Waals surface area contributed by atoms with E-state index in [2.05, 4.69) is 10.2 Å². The first-order valence-electron chi connectivity index (χ1n) is 14.5. The van der Waals surface area contributed by atoms with Crippen LogP contribution in [0.5, 0.6) is 5.75 Å². The molecule has 1 aromatic heterocycles. The molecule has 1 unspecified atom stereocenters. The molecule has 41 heavy (non-hydrogen) atoms. The number of benzene rings is 2. The summed E-state index contributed by atoms with van der Waals surface area (Å²) in [6, 6.07) is 16.8. The number of pyridine rings is 1. The fourth-order valence-electron chi connectivity index (χ4n) is 8.46. The van der Waals surface area contributed by atoms with Gasteiger partial charge in [0.15, 0.2) is 0 Å². The van der Waals surface area contributed by atoms with E-state index in [1.807, 2.05) is 54.6 Å². The molecule has 3 aliphatic heterocycles. The normalized spacial score (nSPS) is 30.9. The highest BCUT2D eigenvalue weighted by molar-refractivity contribution is 6.01. The first kappa shape index (κ1) is 26.8. The molecule has 5 N–H and O–H groups in total. The van der Waals surface area contributed by atoms with Gasteiger partial charge in [0.25, 0.3) is 5.91 Å². The second-order valence-electron chi connectivity index (χ2n) is 12.4. The van der Waals surface area contributed by atoms with Crippen LogP contribution in [0.25, 0.3) is 10.9 Å². The van der Waals surface area contributed by atoms with Crippen LogP contribution < -0.4 is 15.8 Å². The number of hydrogen-bond acceptors (Lipinski definition) is 8. The topological polar surface area (TPSA) is 130 Å². The van der Waals surface area contributed by atoms with E-state index < -0.39 is 18.2 Å². The van der Waals surface area contributed by atoms with Gasteiger partial charge >= 0.3 is 0 Å². The number of methoxy groups -OCH3 is 2. The molecule has 9 heteroatoms. The van der Waals surface area contributed by atoms with E-state index in [0.717, 1.165) is 47.2 Å². The van der Waals surface area contributed by atoms with Crippen molar-refractivity contribution in [2.24, 2.45) is 11.7 Å². The van der Waals surface area contributed by atoms with Gasteiger partial charge in [0.1, 0.15) is 5.75 Å². The Balaban J connectivity index is 1.18. The molecule has 3 aromatic rings. The lowest BCUT2D eigenvalue weighted by atomic mass is 9.82. The Hall–Kier alpha value is -3.08. The summed E-state index contributed by atoms with van der Waals surface area (Å²) in [6.07, 6.45) is 1.03. The summed E-state index contributed by atoms with van der Waals surface area (Å²) in [5, 5.41) is 26.9. The number of aromatic nitrogens is 1. The molecule has 1 amide bonds. The van der Waals surface area contributed by atoms with Crippen molar-refractivity contribution >= 4 is 16.8 Å². The van der Waals surface area contributed by atoms with Gasteiger partial charge in [-0.1, -0.05) is 30.3 Å². The third-order valence-corrected chi connectivity index (χ3v) is 10.4. The van der Waals surface area contributed by atoms with Gasteiger partial charge in [0, 0.05) is 42.6 Å². The molecule has 2 spiro atoms. The van der Waals surface area contributed by atoms with Gasteiger partial charge in [-0.3, -0.25) is 14.7 Å². The summed E-state index contributed by atoms with van der Waals surface area (Å²) in [6.45, 7) is 0.982. The van der Waals surface area contributed by atoms with Gasteiger partial charge in [0.2, 0.25) is 0 Å². The summed E-state index contributed by atoms with van der Waals surface area (Å²) >= 11 is 0. The van der Waals surface area contributed by atoms with E-state index >= 15 is 0 Å². The number of nitrogens with two attached hydrogens (primary N) is 1. The van der Waals surface area contributed by atoms with Crippen molar-refractivity contribution in [3.05, 3.63) is 71.4 Å². The monoisotopic (exact) mass is 558 g/mol. The lowest BCUT2D eigenvalue weighted by Gasteiger charge is -2.38. The van der Waals surface area contributed by atoms with E-state index in [-0.39, 0.29) is 34.9 Å². The number of amides is 1. The first-order valence-corrected chi connectivity index (χ1v) is 14.5. The van der Waals surface area contributed by atoms with Gasteiger partial charge in [0.05, 0.1) is 54.2 Å². The molecule has 9 nitrogen and oxygen atoms in total. The predicted octanol–water partition coefficient (Wildman–Crippen LogP) is 1.77. The van der Waals surface area contributed by atoms with E-state index in [1.54, 1.807) is 14.2 Å². The van der Waals surface area contributed by atoms with E-state index in [9.17, 15) is 15.0 Å². The molecule has 2 saturated heterocycles. The molecule has 0 radical (unpaired) electrons.